The van der Waals surface area contributed by atoms with E-state index < -0.39 is 9.71 Å². The quantitative estimate of drug-likeness (QED) is 0.185. The Labute approximate surface area is 238 Å². The molecule has 4 unspecified atom stereocenters. The van der Waals surface area contributed by atoms with Crippen LogP contribution < -0.4 is 5.32 Å². The van der Waals surface area contributed by atoms with Gasteiger partial charge in [-0.1, -0.05) is 68.3 Å². The molecule has 6 nitrogen and oxygen atoms in total. The molecule has 1 N–H and O–H groups in total. The van der Waals surface area contributed by atoms with Gasteiger partial charge in [-0.2, -0.15) is 4.40 Å². The molecule has 2 aliphatic heterocycles. The topological polar surface area (TPSA) is 60.3 Å². The van der Waals surface area contributed by atoms with Crippen LogP contribution in [0.15, 0.2) is 44.3 Å². The van der Waals surface area contributed by atoms with Crippen molar-refractivity contribution >= 4 is 37.4 Å². The highest BCUT2D eigenvalue weighted by Gasteiger charge is 2.25. The van der Waals surface area contributed by atoms with Crippen LogP contribution in [0.3, 0.4) is 0 Å². The van der Waals surface area contributed by atoms with Gasteiger partial charge in [0.05, 0.1) is 0 Å². The van der Waals surface area contributed by atoms with E-state index in [0.29, 0.717) is 10.4 Å². The molecule has 0 fully saturated rings. The van der Waals surface area contributed by atoms with Crippen molar-refractivity contribution in [2.75, 3.05) is 46.0 Å². The molecule has 2 rings (SSSR count). The molecular formula is C30H53N5OS2. The second kappa shape index (κ2) is 16.2. The third-order valence-corrected chi connectivity index (χ3v) is 11.0. The van der Waals surface area contributed by atoms with Crippen molar-refractivity contribution in [3.63, 3.8) is 0 Å². The number of aliphatic imine (C=N–C) groups is 1. The average molecular weight is 564 g/mol. The van der Waals surface area contributed by atoms with Crippen LogP contribution in [0.5, 0.6) is 0 Å². The Kier molecular flexibility index (Phi) is 14.0. The van der Waals surface area contributed by atoms with Gasteiger partial charge >= 0.3 is 0 Å². The largest absolute Gasteiger partial charge is 0.310 e. The first-order chi connectivity index (χ1) is 18.1. The lowest BCUT2D eigenvalue weighted by molar-refractivity contribution is 0.209. The number of nitrogens with one attached hydrogen (secondary N) is 1. The van der Waals surface area contributed by atoms with Crippen molar-refractivity contribution in [2.45, 2.75) is 85.9 Å². The SMILES string of the molecule is C=S(=O)(N=C(C)/C=C\C(C)C(=CC)C1CC(CC)=C(CC)CCN1)C1=NC(N(C)CCN(C)CC)CCS1. The van der Waals surface area contributed by atoms with Crippen LogP contribution in [-0.2, 0) is 9.71 Å². The molecule has 216 valence electrons. The molecule has 4 atom stereocenters. The third-order valence-electron chi connectivity index (χ3n) is 7.81. The monoisotopic (exact) mass is 563 g/mol. The predicted molar refractivity (Wildman–Crippen MR) is 173 cm³/mol. The van der Waals surface area contributed by atoms with Gasteiger partial charge in [-0.3, -0.25) is 4.90 Å². The van der Waals surface area contributed by atoms with E-state index in [1.165, 1.54) is 5.57 Å². The second-order valence-electron chi connectivity index (χ2n) is 10.6. The van der Waals surface area contributed by atoms with Crippen molar-refractivity contribution in [3.05, 3.63) is 34.9 Å². The highest BCUT2D eigenvalue weighted by molar-refractivity contribution is 8.38. The van der Waals surface area contributed by atoms with Gasteiger partial charge in [-0.05, 0) is 91.0 Å². The first-order valence-corrected chi connectivity index (χ1v) is 17.0. The molecule has 0 amide bonds. The number of nitrogens with zero attached hydrogens (tertiary/aromatic N) is 4. The summed E-state index contributed by atoms with van der Waals surface area (Å²) in [6.07, 6.45) is 11.9. The maximum atomic E-state index is 13.5. The van der Waals surface area contributed by atoms with Crippen LogP contribution >= 0.6 is 11.8 Å². The van der Waals surface area contributed by atoms with E-state index in [0.717, 1.165) is 69.7 Å². The molecule has 0 aromatic carbocycles. The van der Waals surface area contributed by atoms with Crippen molar-refractivity contribution < 1.29 is 4.21 Å². The lowest BCUT2D eigenvalue weighted by atomic mass is 9.88. The molecule has 2 heterocycles. The highest BCUT2D eigenvalue weighted by Crippen LogP contribution is 2.29. The number of hydrogen-bond donors (Lipinski definition) is 1. The summed E-state index contributed by atoms with van der Waals surface area (Å²) in [6, 6.07) is 0.354. The van der Waals surface area contributed by atoms with Crippen LogP contribution in [0.2, 0.25) is 0 Å². The van der Waals surface area contributed by atoms with E-state index in [9.17, 15) is 4.21 Å². The summed E-state index contributed by atoms with van der Waals surface area (Å²) in [4.78, 5) is 9.38. The molecule has 0 radical (unpaired) electrons. The standard InChI is InChI=1S/C30H53N5OS2/c1-10-25-16-18-31-28(22-26(25)11-2)27(12-3)23(5)14-15-24(6)33-38(9,36)30-32-29(17-21-37-30)35(8)20-19-34(7)13-4/h12,14-15,23,28-29,31H,9-11,13,16-22H2,1-8H3/b15-14-,27-12?,33-24?. The van der Waals surface area contributed by atoms with Gasteiger partial charge in [0.15, 0.2) is 4.38 Å². The molecule has 0 aromatic heterocycles. The van der Waals surface area contributed by atoms with Crippen LogP contribution in [0.25, 0.3) is 0 Å². The molecule has 0 saturated carbocycles. The van der Waals surface area contributed by atoms with Crippen LogP contribution in [0, 0.1) is 5.92 Å². The molecule has 0 saturated heterocycles. The maximum absolute atomic E-state index is 13.5. The van der Waals surface area contributed by atoms with E-state index in [4.69, 9.17) is 4.99 Å². The summed E-state index contributed by atoms with van der Waals surface area (Å²) in [6.45, 7) is 17.0. The number of hydrogen-bond acceptors (Lipinski definition) is 6. The molecule has 8 heteroatoms. The van der Waals surface area contributed by atoms with E-state index >= 15 is 0 Å². The van der Waals surface area contributed by atoms with Crippen molar-refractivity contribution in [1.82, 2.24) is 15.1 Å². The fraction of sp³-hybridized carbons (Fsp3) is 0.700. The fourth-order valence-corrected chi connectivity index (χ4v) is 7.86. The van der Waals surface area contributed by atoms with Crippen molar-refractivity contribution in [3.8, 4) is 0 Å². The summed E-state index contributed by atoms with van der Waals surface area (Å²) in [5, 5.41) is 3.79. The summed E-state index contributed by atoms with van der Waals surface area (Å²) in [7, 11) is 1.40. The lowest BCUT2D eigenvalue weighted by Crippen LogP contribution is -2.39. The van der Waals surface area contributed by atoms with Gasteiger partial charge in [0.2, 0.25) is 0 Å². The molecule has 0 spiro atoms. The van der Waals surface area contributed by atoms with Gasteiger partial charge in [0, 0.05) is 30.6 Å². The minimum Gasteiger partial charge on any atom is -0.310 e. The maximum Gasteiger partial charge on any atom is 0.169 e. The Bertz CT molecular complexity index is 1030. The molecule has 0 aliphatic carbocycles. The first kappa shape index (κ1) is 33.0. The van der Waals surface area contributed by atoms with Gasteiger partial charge in [0.1, 0.15) is 15.9 Å². The number of rotatable bonds is 12. The van der Waals surface area contributed by atoms with E-state index in [1.807, 2.05) is 13.0 Å². The zero-order valence-corrected chi connectivity index (χ0v) is 26.9. The minimum absolute atomic E-state index is 0.0322. The first-order valence-electron chi connectivity index (χ1n) is 14.4. The van der Waals surface area contributed by atoms with Gasteiger partial charge in [0.25, 0.3) is 0 Å². The summed E-state index contributed by atoms with van der Waals surface area (Å²) in [5.74, 6) is 5.15. The minimum atomic E-state index is -2.82. The second-order valence-corrected chi connectivity index (χ2v) is 13.8. The van der Waals surface area contributed by atoms with Gasteiger partial charge < -0.3 is 10.2 Å². The van der Waals surface area contributed by atoms with Crippen molar-refractivity contribution in [1.29, 1.82) is 0 Å². The predicted octanol–water partition coefficient (Wildman–Crippen LogP) is 5.79. The smallest absolute Gasteiger partial charge is 0.169 e. The fourth-order valence-electron chi connectivity index (χ4n) is 5.18. The number of thioether (sulfide) groups is 1. The van der Waals surface area contributed by atoms with Crippen LogP contribution in [0.4, 0.5) is 0 Å². The van der Waals surface area contributed by atoms with Crippen LogP contribution in [-0.4, -0.2) is 88.2 Å². The lowest BCUT2D eigenvalue weighted by Gasteiger charge is -2.30. The summed E-state index contributed by atoms with van der Waals surface area (Å²) >= 11 is 1.54. The Morgan fingerprint density at radius 3 is 2.61 bits per heavy atom. The zero-order valence-electron chi connectivity index (χ0n) is 25.3. The summed E-state index contributed by atoms with van der Waals surface area (Å²) < 4.78 is 18.7. The third kappa shape index (κ3) is 9.77. The normalized spacial score (nSPS) is 24.6. The van der Waals surface area contributed by atoms with E-state index in [2.05, 4.69) is 86.3 Å². The Balaban J connectivity index is 2.11. The van der Waals surface area contributed by atoms with Gasteiger partial charge in [-0.15, -0.1) is 0 Å². The molecule has 0 bridgehead atoms. The highest BCUT2D eigenvalue weighted by atomic mass is 32.3. The molecule has 0 aromatic rings. The van der Waals surface area contributed by atoms with Gasteiger partial charge in [-0.25, -0.2) is 9.20 Å². The average Bonchev–Trinajstić information content (AvgIpc) is 3.12. The molecule has 2 aliphatic rings. The van der Waals surface area contributed by atoms with E-state index in [-0.39, 0.29) is 12.1 Å². The summed E-state index contributed by atoms with van der Waals surface area (Å²) in [5.41, 5.74) is 5.37. The zero-order chi connectivity index (χ0) is 28.3. The molecule has 38 heavy (non-hydrogen) atoms. The van der Waals surface area contributed by atoms with E-state index in [1.54, 1.807) is 22.9 Å². The molecular weight excluding hydrogens is 510 g/mol. The number of allylic oxidation sites excluding steroid dienone is 3. The Morgan fingerprint density at radius 1 is 1.26 bits per heavy atom. The Hall–Kier alpha value is -1.19. The number of likely N-dealkylation sites (N-methyl/N-ethyl adjacent to an activating group) is 2. The van der Waals surface area contributed by atoms with Crippen molar-refractivity contribution in [2.24, 2.45) is 15.3 Å². The van der Waals surface area contributed by atoms with Crippen LogP contribution in [0.1, 0.15) is 73.6 Å². The Morgan fingerprint density at radius 2 is 1.97 bits per heavy atom.